The molecule has 1 aromatic carbocycles. The van der Waals surface area contributed by atoms with Gasteiger partial charge in [-0.05, 0) is 43.1 Å². The van der Waals surface area contributed by atoms with Crippen LogP contribution in [0.2, 0.25) is 5.15 Å². The van der Waals surface area contributed by atoms with Crippen molar-refractivity contribution in [3.05, 3.63) is 52.3 Å². The van der Waals surface area contributed by atoms with Crippen LogP contribution in [0.5, 0.6) is 0 Å². The first kappa shape index (κ1) is 14.0. The average molecular weight is 282 g/mol. The standard InChI is InChI=1S/C14H17ClFN3/c1-10-7-12(16)4-3-11(10)5-6-17-9-14-18-8-13(15)19(14)2/h3-4,7-8,17H,5-6,9H2,1-2H3. The van der Waals surface area contributed by atoms with Crippen molar-refractivity contribution in [2.75, 3.05) is 6.54 Å². The molecule has 0 aliphatic rings. The van der Waals surface area contributed by atoms with Crippen LogP contribution in [0.1, 0.15) is 17.0 Å². The molecule has 2 rings (SSSR count). The predicted octanol–water partition coefficient (Wildman–Crippen LogP) is 2.85. The average Bonchev–Trinajstić information content (AvgIpc) is 2.68. The van der Waals surface area contributed by atoms with Crippen LogP contribution in [0.25, 0.3) is 0 Å². The Hall–Kier alpha value is -1.39. The summed E-state index contributed by atoms with van der Waals surface area (Å²) in [4.78, 5) is 4.21. The predicted molar refractivity (Wildman–Crippen MR) is 74.8 cm³/mol. The highest BCUT2D eigenvalue weighted by Crippen LogP contribution is 2.11. The third-order valence-corrected chi connectivity index (χ3v) is 3.54. The SMILES string of the molecule is Cc1cc(F)ccc1CCNCc1ncc(Cl)n1C. The highest BCUT2D eigenvalue weighted by atomic mass is 35.5. The molecule has 0 radical (unpaired) electrons. The molecule has 0 saturated carbocycles. The molecule has 0 atom stereocenters. The number of imidazole rings is 1. The number of nitrogens with zero attached hydrogens (tertiary/aromatic N) is 2. The van der Waals surface area contributed by atoms with Gasteiger partial charge in [-0.3, -0.25) is 0 Å². The van der Waals surface area contributed by atoms with Gasteiger partial charge in [-0.15, -0.1) is 0 Å². The first-order valence-corrected chi connectivity index (χ1v) is 6.57. The van der Waals surface area contributed by atoms with Crippen molar-refractivity contribution < 1.29 is 4.39 Å². The zero-order chi connectivity index (χ0) is 13.8. The molecule has 0 spiro atoms. The van der Waals surface area contributed by atoms with E-state index in [1.54, 1.807) is 12.3 Å². The molecular formula is C14H17ClFN3. The molecular weight excluding hydrogens is 265 g/mol. The number of nitrogens with one attached hydrogen (secondary N) is 1. The van der Waals surface area contributed by atoms with E-state index in [4.69, 9.17) is 11.6 Å². The lowest BCUT2D eigenvalue weighted by Crippen LogP contribution is -2.19. The maximum atomic E-state index is 13.0. The molecule has 0 amide bonds. The van der Waals surface area contributed by atoms with Gasteiger partial charge in [0, 0.05) is 7.05 Å². The molecule has 1 heterocycles. The number of hydrogen-bond acceptors (Lipinski definition) is 2. The summed E-state index contributed by atoms with van der Waals surface area (Å²) in [6.45, 7) is 3.41. The van der Waals surface area contributed by atoms with Gasteiger partial charge in [0.1, 0.15) is 16.8 Å². The summed E-state index contributed by atoms with van der Waals surface area (Å²) in [5, 5.41) is 3.94. The third-order valence-electron chi connectivity index (χ3n) is 3.19. The molecule has 1 aromatic heterocycles. The largest absolute Gasteiger partial charge is 0.321 e. The summed E-state index contributed by atoms with van der Waals surface area (Å²) in [5.74, 6) is 0.720. The van der Waals surface area contributed by atoms with Crippen LogP contribution >= 0.6 is 11.6 Å². The fourth-order valence-electron chi connectivity index (χ4n) is 1.95. The highest BCUT2D eigenvalue weighted by molar-refractivity contribution is 6.29. The van der Waals surface area contributed by atoms with E-state index in [0.29, 0.717) is 11.7 Å². The summed E-state index contributed by atoms with van der Waals surface area (Å²) in [6, 6.07) is 4.90. The lowest BCUT2D eigenvalue weighted by Gasteiger charge is -2.08. The lowest BCUT2D eigenvalue weighted by atomic mass is 10.1. The summed E-state index contributed by atoms with van der Waals surface area (Å²) in [5.41, 5.74) is 2.15. The zero-order valence-corrected chi connectivity index (χ0v) is 11.8. The lowest BCUT2D eigenvalue weighted by molar-refractivity contribution is 0.621. The Bertz CT molecular complexity index is 566. The van der Waals surface area contributed by atoms with E-state index in [1.807, 2.05) is 24.6 Å². The first-order chi connectivity index (χ1) is 9.08. The van der Waals surface area contributed by atoms with Gasteiger partial charge in [-0.1, -0.05) is 17.7 Å². The Morgan fingerprint density at radius 3 is 2.84 bits per heavy atom. The number of benzene rings is 1. The number of halogens is 2. The molecule has 0 fully saturated rings. The van der Waals surface area contributed by atoms with Gasteiger partial charge in [-0.25, -0.2) is 9.37 Å². The molecule has 3 nitrogen and oxygen atoms in total. The Kier molecular flexibility index (Phi) is 4.56. The first-order valence-electron chi connectivity index (χ1n) is 6.20. The Morgan fingerprint density at radius 2 is 2.21 bits per heavy atom. The molecule has 102 valence electrons. The van der Waals surface area contributed by atoms with Crippen molar-refractivity contribution in [1.82, 2.24) is 14.9 Å². The topological polar surface area (TPSA) is 29.9 Å². The van der Waals surface area contributed by atoms with Crippen molar-refractivity contribution in [3.63, 3.8) is 0 Å². The minimum atomic E-state index is -0.183. The number of hydrogen-bond donors (Lipinski definition) is 1. The second kappa shape index (κ2) is 6.17. The number of aromatic nitrogens is 2. The summed E-state index contributed by atoms with van der Waals surface area (Å²) < 4.78 is 14.8. The van der Waals surface area contributed by atoms with Gasteiger partial charge in [0.25, 0.3) is 0 Å². The normalized spacial score (nSPS) is 10.9. The van der Waals surface area contributed by atoms with Crippen LogP contribution in [-0.4, -0.2) is 16.1 Å². The maximum absolute atomic E-state index is 13.0. The highest BCUT2D eigenvalue weighted by Gasteiger charge is 2.04. The maximum Gasteiger partial charge on any atom is 0.128 e. The molecule has 0 bridgehead atoms. The van der Waals surface area contributed by atoms with E-state index < -0.39 is 0 Å². The van der Waals surface area contributed by atoms with Crippen LogP contribution in [0.3, 0.4) is 0 Å². The van der Waals surface area contributed by atoms with Gasteiger partial charge in [0.05, 0.1) is 12.7 Å². The van der Waals surface area contributed by atoms with Crippen LogP contribution in [0.4, 0.5) is 4.39 Å². The van der Waals surface area contributed by atoms with Gasteiger partial charge in [-0.2, -0.15) is 0 Å². The number of rotatable bonds is 5. The van der Waals surface area contributed by atoms with E-state index in [1.165, 1.54) is 6.07 Å². The van der Waals surface area contributed by atoms with E-state index in [-0.39, 0.29) is 5.82 Å². The Morgan fingerprint density at radius 1 is 1.42 bits per heavy atom. The van der Waals surface area contributed by atoms with E-state index >= 15 is 0 Å². The summed E-state index contributed by atoms with van der Waals surface area (Å²) >= 11 is 5.91. The molecule has 2 aromatic rings. The van der Waals surface area contributed by atoms with Crippen molar-refractivity contribution in [2.24, 2.45) is 7.05 Å². The van der Waals surface area contributed by atoms with Gasteiger partial charge >= 0.3 is 0 Å². The molecule has 0 unspecified atom stereocenters. The van der Waals surface area contributed by atoms with Gasteiger partial charge in [0.2, 0.25) is 0 Å². The van der Waals surface area contributed by atoms with Crippen molar-refractivity contribution in [2.45, 2.75) is 19.9 Å². The quantitative estimate of drug-likeness (QED) is 0.854. The van der Waals surface area contributed by atoms with Crippen molar-refractivity contribution >= 4 is 11.6 Å². The monoisotopic (exact) mass is 281 g/mol. The second-order valence-electron chi connectivity index (χ2n) is 4.55. The molecule has 19 heavy (non-hydrogen) atoms. The summed E-state index contributed by atoms with van der Waals surface area (Å²) in [6.07, 6.45) is 2.51. The minimum absolute atomic E-state index is 0.183. The fourth-order valence-corrected chi connectivity index (χ4v) is 2.10. The third kappa shape index (κ3) is 3.55. The minimum Gasteiger partial charge on any atom is -0.321 e. The molecule has 1 N–H and O–H groups in total. The van der Waals surface area contributed by atoms with Crippen LogP contribution in [-0.2, 0) is 20.0 Å². The van der Waals surface area contributed by atoms with Crippen LogP contribution in [0, 0.1) is 12.7 Å². The van der Waals surface area contributed by atoms with Crippen LogP contribution < -0.4 is 5.32 Å². The van der Waals surface area contributed by atoms with Crippen molar-refractivity contribution in [1.29, 1.82) is 0 Å². The Labute approximate surface area is 117 Å². The molecule has 0 saturated heterocycles. The number of aryl methyl sites for hydroxylation is 1. The molecule has 0 aliphatic carbocycles. The Balaban J connectivity index is 1.82. The summed E-state index contributed by atoms with van der Waals surface area (Å²) in [7, 11) is 1.89. The molecule has 5 heteroatoms. The van der Waals surface area contributed by atoms with Gasteiger partial charge < -0.3 is 9.88 Å². The van der Waals surface area contributed by atoms with Gasteiger partial charge in [0.15, 0.2) is 0 Å². The second-order valence-corrected chi connectivity index (χ2v) is 4.94. The fraction of sp³-hybridized carbons (Fsp3) is 0.357. The van der Waals surface area contributed by atoms with E-state index in [9.17, 15) is 4.39 Å². The zero-order valence-electron chi connectivity index (χ0n) is 11.1. The van der Waals surface area contributed by atoms with Crippen molar-refractivity contribution in [3.8, 4) is 0 Å². The smallest absolute Gasteiger partial charge is 0.128 e. The molecule has 0 aliphatic heterocycles. The van der Waals surface area contributed by atoms with E-state index in [0.717, 1.165) is 29.9 Å². The van der Waals surface area contributed by atoms with E-state index in [2.05, 4.69) is 10.3 Å². The van der Waals surface area contributed by atoms with Crippen LogP contribution in [0.15, 0.2) is 24.4 Å².